The molecule has 304 valence electrons. The van der Waals surface area contributed by atoms with Gasteiger partial charge in [-0.15, -0.1) is 12.3 Å². The maximum absolute atomic E-state index is 15.1. The normalized spacial score (nSPS) is 18.4. The van der Waals surface area contributed by atoms with E-state index in [1.54, 1.807) is 24.3 Å². The van der Waals surface area contributed by atoms with Crippen LogP contribution in [-0.2, 0) is 14.5 Å². The average Bonchev–Trinajstić information content (AvgIpc) is 3.70. The van der Waals surface area contributed by atoms with Crippen LogP contribution in [0.3, 0.4) is 0 Å². The number of fused-ring (bicyclic) bond motifs is 4. The van der Waals surface area contributed by atoms with E-state index in [9.17, 15) is 4.57 Å². The van der Waals surface area contributed by atoms with Crippen LogP contribution in [0.4, 0.5) is 0 Å². The van der Waals surface area contributed by atoms with Crippen LogP contribution < -0.4 is 10.6 Å². The molecular weight excluding hydrogens is 767 g/mol. The minimum Gasteiger partial charge on any atom is -0.314 e. The van der Waals surface area contributed by atoms with Crippen LogP contribution in [0.25, 0.3) is 11.1 Å². The number of hydrogen-bond acceptors (Lipinski definition) is 2. The first-order chi connectivity index (χ1) is 29.0. The van der Waals surface area contributed by atoms with Crippen LogP contribution in [0.5, 0.6) is 0 Å². The van der Waals surface area contributed by atoms with Crippen molar-refractivity contribution in [1.82, 2.24) is 0 Å². The predicted octanol–water partition coefficient (Wildman–Crippen LogP) is 15.1. The van der Waals surface area contributed by atoms with Gasteiger partial charge in [-0.1, -0.05) is 191 Å². The standard InChI is InChI=1S/C53H52O2P2.C3H6/c1-8-11-12-15-27-41(5)57(55,45-31-18-14-19-32-45)42(6)28-24-35-46-43(7)53(51-37-22-20-33-47(46)51)50(10-3)48(49-34-21-23-38-52(49)53)36-25-39-56(54,40(4)26-9-2)44-29-16-13-17-30-44;1-3-2/h8-11,13-34,36-38,42H,1-3,35,39H2,4-7H3;3H,1H2,2H3/b28-24-,36-25-,40-26+,41-27+;. The highest BCUT2D eigenvalue weighted by Crippen LogP contribution is 2.62. The molecule has 0 aliphatic heterocycles. The summed E-state index contributed by atoms with van der Waals surface area (Å²) in [5.74, 6) is 0. The van der Waals surface area contributed by atoms with Gasteiger partial charge in [0.1, 0.15) is 14.3 Å². The van der Waals surface area contributed by atoms with Crippen LogP contribution >= 0.6 is 14.3 Å². The Kier molecular flexibility index (Phi) is 15.5. The second kappa shape index (κ2) is 20.5. The molecule has 0 bridgehead atoms. The Labute approximate surface area is 360 Å². The van der Waals surface area contributed by atoms with Gasteiger partial charge < -0.3 is 9.13 Å². The highest BCUT2D eigenvalue weighted by molar-refractivity contribution is 7.76. The lowest BCUT2D eigenvalue weighted by molar-refractivity contribution is 0.581. The van der Waals surface area contributed by atoms with Crippen molar-refractivity contribution in [2.75, 3.05) is 6.16 Å². The van der Waals surface area contributed by atoms with Crippen LogP contribution in [0.1, 0.15) is 63.3 Å². The molecule has 2 aliphatic carbocycles. The molecule has 0 fully saturated rings. The quantitative estimate of drug-likeness (QED) is 0.0518. The van der Waals surface area contributed by atoms with E-state index in [1.807, 2.05) is 106 Å². The van der Waals surface area contributed by atoms with Crippen molar-refractivity contribution >= 4 is 36.0 Å². The molecule has 0 aromatic heterocycles. The molecule has 2 aliphatic rings. The minimum absolute atomic E-state index is 0.233. The lowest BCUT2D eigenvalue weighted by Crippen LogP contribution is -2.27. The number of benzene rings is 4. The molecular formula is C56H58O2P2. The Hall–Kier alpha value is -5.74. The number of hydrogen-bond donors (Lipinski definition) is 0. The summed E-state index contributed by atoms with van der Waals surface area (Å²) in [6.07, 6.45) is 24.1. The third-order valence-corrected chi connectivity index (χ3v) is 18.3. The molecule has 4 heteroatoms. The van der Waals surface area contributed by atoms with Crippen LogP contribution in [0.15, 0.2) is 236 Å². The van der Waals surface area contributed by atoms with Crippen molar-refractivity contribution in [3.8, 4) is 0 Å². The fraction of sp³-hybridized carbons (Fsp3) is 0.161. The van der Waals surface area contributed by atoms with Crippen molar-refractivity contribution in [3.05, 3.63) is 258 Å². The SMILES string of the molecule is C=CC.C=CC=C=C/C=C(\C)P(=O)(c1ccccc1)C(C)/C=C\CC1=C(C)C2(C(C=C)=C(/C=C\CP(=O)(/C(C)=C/C=C)c3ccccc3)c3ccccc32)c2ccccc21. The zero-order chi connectivity index (χ0) is 43.3. The molecule has 0 amide bonds. The maximum Gasteiger partial charge on any atom is 0.145 e. The van der Waals surface area contributed by atoms with Gasteiger partial charge in [0.25, 0.3) is 0 Å². The third-order valence-electron chi connectivity index (χ3n) is 11.5. The topological polar surface area (TPSA) is 34.1 Å². The largest absolute Gasteiger partial charge is 0.314 e. The summed E-state index contributed by atoms with van der Waals surface area (Å²) in [6, 6.07) is 37.0. The molecule has 0 saturated carbocycles. The van der Waals surface area contributed by atoms with Crippen molar-refractivity contribution in [2.24, 2.45) is 0 Å². The van der Waals surface area contributed by atoms with E-state index in [2.05, 4.69) is 119 Å². The van der Waals surface area contributed by atoms with Crippen LogP contribution in [-0.4, -0.2) is 11.8 Å². The van der Waals surface area contributed by atoms with Crippen molar-refractivity contribution in [1.29, 1.82) is 0 Å². The Bertz CT molecular complexity index is 2600. The fourth-order valence-corrected chi connectivity index (χ4v) is 13.8. The van der Waals surface area contributed by atoms with E-state index in [0.717, 1.165) is 37.9 Å². The van der Waals surface area contributed by atoms with Gasteiger partial charge in [0.05, 0.1) is 5.41 Å². The zero-order valence-electron chi connectivity index (χ0n) is 35.9. The Morgan fingerprint density at radius 1 is 0.717 bits per heavy atom. The molecule has 0 radical (unpaired) electrons. The summed E-state index contributed by atoms with van der Waals surface area (Å²) in [7, 11) is -5.92. The average molecular weight is 825 g/mol. The van der Waals surface area contributed by atoms with Crippen molar-refractivity contribution in [2.45, 2.75) is 52.1 Å². The lowest BCUT2D eigenvalue weighted by Gasteiger charge is -2.32. The number of rotatable bonds is 15. The minimum atomic E-state index is -3.00. The zero-order valence-corrected chi connectivity index (χ0v) is 37.6. The van der Waals surface area contributed by atoms with Gasteiger partial charge in [0, 0.05) is 22.4 Å². The van der Waals surface area contributed by atoms with Crippen LogP contribution in [0.2, 0.25) is 0 Å². The van der Waals surface area contributed by atoms with Gasteiger partial charge >= 0.3 is 0 Å². The molecule has 1 spiro atoms. The predicted molar refractivity (Wildman–Crippen MR) is 264 cm³/mol. The van der Waals surface area contributed by atoms with Gasteiger partial charge in [-0.05, 0) is 108 Å². The highest BCUT2D eigenvalue weighted by atomic mass is 31.2. The Morgan fingerprint density at radius 2 is 1.28 bits per heavy atom. The van der Waals surface area contributed by atoms with E-state index in [-0.39, 0.29) is 5.66 Å². The van der Waals surface area contributed by atoms with E-state index in [0.29, 0.717) is 12.6 Å². The Morgan fingerprint density at radius 3 is 1.88 bits per heavy atom. The second-order valence-electron chi connectivity index (χ2n) is 15.0. The van der Waals surface area contributed by atoms with Gasteiger partial charge in [-0.3, -0.25) is 0 Å². The first-order valence-corrected chi connectivity index (χ1v) is 24.2. The molecule has 0 saturated heterocycles. The third kappa shape index (κ3) is 8.61. The lowest BCUT2D eigenvalue weighted by atomic mass is 9.69. The molecule has 2 nitrogen and oxygen atoms in total. The molecule has 6 rings (SSSR count). The molecule has 4 aromatic carbocycles. The molecule has 60 heavy (non-hydrogen) atoms. The van der Waals surface area contributed by atoms with E-state index in [1.165, 1.54) is 27.8 Å². The first-order valence-electron chi connectivity index (χ1n) is 20.5. The van der Waals surface area contributed by atoms with Gasteiger partial charge in [0.2, 0.25) is 0 Å². The molecule has 4 atom stereocenters. The van der Waals surface area contributed by atoms with Crippen molar-refractivity contribution in [3.63, 3.8) is 0 Å². The summed E-state index contributed by atoms with van der Waals surface area (Å²) in [5, 5.41) is 3.33. The summed E-state index contributed by atoms with van der Waals surface area (Å²) in [5.41, 5.74) is 11.9. The van der Waals surface area contributed by atoms with Crippen LogP contribution in [0, 0.1) is 0 Å². The molecule has 4 aromatic rings. The monoisotopic (exact) mass is 824 g/mol. The van der Waals surface area contributed by atoms with Crippen molar-refractivity contribution < 1.29 is 9.13 Å². The maximum atomic E-state index is 15.1. The fourth-order valence-electron chi connectivity index (χ4n) is 8.69. The summed E-state index contributed by atoms with van der Waals surface area (Å²) >= 11 is 0. The van der Waals surface area contributed by atoms with Gasteiger partial charge in [-0.25, -0.2) is 0 Å². The molecule has 0 heterocycles. The summed E-state index contributed by atoms with van der Waals surface area (Å²) < 4.78 is 29.8. The van der Waals surface area contributed by atoms with E-state index < -0.39 is 19.7 Å². The first kappa shape index (κ1) is 45.3. The highest BCUT2D eigenvalue weighted by Gasteiger charge is 2.51. The van der Waals surface area contributed by atoms with E-state index >= 15 is 4.57 Å². The summed E-state index contributed by atoms with van der Waals surface area (Å²) in [4.78, 5) is 0. The van der Waals surface area contributed by atoms with E-state index in [4.69, 9.17) is 0 Å². The number of allylic oxidation sites excluding steroid dienone is 17. The molecule has 4 unspecified atom stereocenters. The smallest absolute Gasteiger partial charge is 0.145 e. The van der Waals surface area contributed by atoms with Gasteiger partial charge in [-0.2, -0.15) is 0 Å². The molecule has 0 N–H and O–H groups in total. The Balaban J connectivity index is 0.00000221. The van der Waals surface area contributed by atoms with Gasteiger partial charge in [0.15, 0.2) is 0 Å². The summed E-state index contributed by atoms with van der Waals surface area (Å²) in [6.45, 7) is 25.5. The second-order valence-corrected chi connectivity index (χ2v) is 21.4.